The molecule has 1 aromatic heterocycles. The molecule has 1 amide bonds. The van der Waals surface area contributed by atoms with Crippen molar-refractivity contribution in [2.45, 2.75) is 56.6 Å². The minimum Gasteiger partial charge on any atom is -0.325 e. The first-order valence-corrected chi connectivity index (χ1v) is 12.2. The molecule has 32 heavy (non-hydrogen) atoms. The number of rotatable bonds is 8. The highest BCUT2D eigenvalue weighted by atomic mass is 32.2. The van der Waals surface area contributed by atoms with Crippen LogP contribution in [0, 0.1) is 6.92 Å². The summed E-state index contributed by atoms with van der Waals surface area (Å²) in [5, 5.41) is 12.6. The normalized spacial score (nSPS) is 15.4. The molecule has 3 aromatic rings. The van der Waals surface area contributed by atoms with Gasteiger partial charge in [-0.2, -0.15) is 0 Å². The van der Waals surface area contributed by atoms with Crippen LogP contribution < -0.4 is 5.32 Å². The van der Waals surface area contributed by atoms with E-state index < -0.39 is 0 Å². The monoisotopic (exact) mass is 449 g/mol. The second kappa shape index (κ2) is 10.8. The number of piperidine rings is 1. The van der Waals surface area contributed by atoms with E-state index in [0.29, 0.717) is 6.54 Å². The Labute approximate surface area is 194 Å². The molecule has 1 fully saturated rings. The maximum atomic E-state index is 12.9. The van der Waals surface area contributed by atoms with Crippen molar-refractivity contribution in [2.75, 3.05) is 18.4 Å². The average molecular weight is 450 g/mol. The summed E-state index contributed by atoms with van der Waals surface area (Å²) in [5.41, 5.74) is 3.10. The van der Waals surface area contributed by atoms with Gasteiger partial charge in [0.05, 0.1) is 18.3 Å². The molecule has 1 aliphatic heterocycles. The smallest absolute Gasteiger partial charge is 0.237 e. The second-order valence-electron chi connectivity index (χ2n) is 8.37. The Kier molecular flexibility index (Phi) is 7.60. The molecular formula is C25H31N5OS. The van der Waals surface area contributed by atoms with Crippen LogP contribution in [0.25, 0.3) is 0 Å². The molecule has 1 unspecified atom stereocenters. The Bertz CT molecular complexity index is 1030. The summed E-state index contributed by atoms with van der Waals surface area (Å²) in [5.74, 6) is 0.931. The molecule has 1 N–H and O–H groups in total. The van der Waals surface area contributed by atoms with Crippen molar-refractivity contribution in [2.24, 2.45) is 0 Å². The molecule has 1 aliphatic rings. The molecule has 0 saturated carbocycles. The SMILES string of the molecule is Cc1ccccc1NC(=O)C(C)Sc1nnc(CN2CCCCC2)n1Cc1ccccc1. The molecule has 2 aromatic carbocycles. The number of para-hydroxylation sites is 1. The van der Waals surface area contributed by atoms with Crippen LogP contribution in [-0.4, -0.2) is 43.9 Å². The lowest BCUT2D eigenvalue weighted by atomic mass is 10.1. The quantitative estimate of drug-likeness (QED) is 0.503. The predicted molar refractivity (Wildman–Crippen MR) is 130 cm³/mol. The van der Waals surface area contributed by atoms with Gasteiger partial charge in [0.25, 0.3) is 0 Å². The van der Waals surface area contributed by atoms with Crippen LogP contribution in [0.2, 0.25) is 0 Å². The van der Waals surface area contributed by atoms with Gasteiger partial charge in [-0.3, -0.25) is 9.69 Å². The summed E-state index contributed by atoms with van der Waals surface area (Å²) in [6, 6.07) is 18.2. The maximum Gasteiger partial charge on any atom is 0.237 e. The van der Waals surface area contributed by atoms with E-state index in [1.54, 1.807) is 0 Å². The van der Waals surface area contributed by atoms with Crippen molar-refractivity contribution in [1.29, 1.82) is 0 Å². The highest BCUT2D eigenvalue weighted by molar-refractivity contribution is 8.00. The molecule has 1 saturated heterocycles. The molecule has 0 aliphatic carbocycles. The van der Waals surface area contributed by atoms with Crippen molar-refractivity contribution in [3.63, 3.8) is 0 Å². The number of carbonyl (C=O) groups excluding carboxylic acids is 1. The van der Waals surface area contributed by atoms with Gasteiger partial charge in [-0.15, -0.1) is 10.2 Å². The molecule has 7 heteroatoms. The van der Waals surface area contributed by atoms with Crippen LogP contribution in [0.5, 0.6) is 0 Å². The Morgan fingerprint density at radius 2 is 1.72 bits per heavy atom. The fourth-order valence-electron chi connectivity index (χ4n) is 3.92. The third-order valence-electron chi connectivity index (χ3n) is 5.85. The van der Waals surface area contributed by atoms with E-state index in [-0.39, 0.29) is 11.2 Å². The molecule has 6 nitrogen and oxygen atoms in total. The predicted octanol–water partition coefficient (Wildman–Crippen LogP) is 4.74. The van der Waals surface area contributed by atoms with E-state index in [9.17, 15) is 4.79 Å². The molecule has 4 rings (SSSR count). The van der Waals surface area contributed by atoms with Gasteiger partial charge in [-0.25, -0.2) is 0 Å². The van der Waals surface area contributed by atoms with Crippen molar-refractivity contribution in [3.8, 4) is 0 Å². The molecule has 0 spiro atoms. The molecule has 168 valence electrons. The van der Waals surface area contributed by atoms with E-state index in [1.165, 1.54) is 36.6 Å². The van der Waals surface area contributed by atoms with Crippen LogP contribution in [-0.2, 0) is 17.9 Å². The highest BCUT2D eigenvalue weighted by Crippen LogP contribution is 2.26. The Morgan fingerprint density at radius 3 is 2.47 bits per heavy atom. The largest absolute Gasteiger partial charge is 0.325 e. The number of hydrogen-bond donors (Lipinski definition) is 1. The van der Waals surface area contributed by atoms with Gasteiger partial charge in [0.1, 0.15) is 5.82 Å². The number of aryl methyl sites for hydroxylation is 1. The Hall–Kier alpha value is -2.64. The van der Waals surface area contributed by atoms with Crippen LogP contribution in [0.4, 0.5) is 5.69 Å². The number of aromatic nitrogens is 3. The standard InChI is InChI=1S/C25H31N5OS/c1-19-11-7-8-14-22(19)26-24(31)20(2)32-25-28-27-23(18-29-15-9-4-10-16-29)30(25)17-21-12-5-3-6-13-21/h3,5-8,11-14,20H,4,9-10,15-18H2,1-2H3,(H,26,31). The summed E-state index contributed by atoms with van der Waals surface area (Å²) in [6.07, 6.45) is 3.79. The van der Waals surface area contributed by atoms with Gasteiger partial charge in [0.2, 0.25) is 5.91 Å². The molecule has 1 atom stereocenters. The van der Waals surface area contributed by atoms with Crippen LogP contribution in [0.1, 0.15) is 43.1 Å². The van der Waals surface area contributed by atoms with Gasteiger partial charge in [-0.05, 0) is 57.0 Å². The number of likely N-dealkylation sites (tertiary alicyclic amines) is 1. The number of nitrogens with zero attached hydrogens (tertiary/aromatic N) is 4. The number of hydrogen-bond acceptors (Lipinski definition) is 5. The van der Waals surface area contributed by atoms with Crippen molar-refractivity contribution in [1.82, 2.24) is 19.7 Å². The zero-order valence-electron chi connectivity index (χ0n) is 18.8. The lowest BCUT2D eigenvalue weighted by Gasteiger charge is -2.26. The Morgan fingerprint density at radius 1 is 1.00 bits per heavy atom. The van der Waals surface area contributed by atoms with Crippen LogP contribution in [0.15, 0.2) is 59.8 Å². The van der Waals surface area contributed by atoms with E-state index in [2.05, 4.69) is 49.2 Å². The molecule has 0 bridgehead atoms. The first kappa shape index (κ1) is 22.6. The number of anilines is 1. The van der Waals surface area contributed by atoms with Gasteiger partial charge < -0.3 is 9.88 Å². The van der Waals surface area contributed by atoms with Gasteiger partial charge in [0.15, 0.2) is 5.16 Å². The zero-order valence-corrected chi connectivity index (χ0v) is 19.6. The van der Waals surface area contributed by atoms with Crippen molar-refractivity contribution >= 4 is 23.4 Å². The van der Waals surface area contributed by atoms with Crippen molar-refractivity contribution < 1.29 is 4.79 Å². The minimum absolute atomic E-state index is 0.0314. The summed E-state index contributed by atoms with van der Waals surface area (Å²) in [4.78, 5) is 15.3. The Balaban J connectivity index is 1.51. The average Bonchev–Trinajstić information content (AvgIpc) is 3.17. The molecular weight excluding hydrogens is 418 g/mol. The zero-order chi connectivity index (χ0) is 22.3. The molecule has 2 heterocycles. The number of benzene rings is 2. The second-order valence-corrected chi connectivity index (χ2v) is 9.68. The van der Waals surface area contributed by atoms with E-state index in [0.717, 1.165) is 41.9 Å². The molecule has 0 radical (unpaired) electrons. The highest BCUT2D eigenvalue weighted by Gasteiger charge is 2.22. The van der Waals surface area contributed by atoms with Crippen LogP contribution in [0.3, 0.4) is 0 Å². The number of carbonyl (C=O) groups is 1. The first-order chi connectivity index (χ1) is 15.6. The summed E-state index contributed by atoms with van der Waals surface area (Å²) in [6.45, 7) is 7.63. The maximum absolute atomic E-state index is 12.9. The minimum atomic E-state index is -0.295. The third kappa shape index (κ3) is 5.78. The first-order valence-electron chi connectivity index (χ1n) is 11.3. The van der Waals surface area contributed by atoms with Gasteiger partial charge in [-0.1, -0.05) is 66.7 Å². The summed E-state index contributed by atoms with van der Waals surface area (Å²) < 4.78 is 2.17. The fourth-order valence-corrected chi connectivity index (χ4v) is 4.79. The van der Waals surface area contributed by atoms with Crippen LogP contribution >= 0.6 is 11.8 Å². The van der Waals surface area contributed by atoms with E-state index in [4.69, 9.17) is 0 Å². The summed E-state index contributed by atoms with van der Waals surface area (Å²) >= 11 is 1.46. The lowest BCUT2D eigenvalue weighted by Crippen LogP contribution is -2.30. The summed E-state index contributed by atoms with van der Waals surface area (Å²) in [7, 11) is 0. The van der Waals surface area contributed by atoms with Gasteiger partial charge >= 0.3 is 0 Å². The van der Waals surface area contributed by atoms with Gasteiger partial charge in [0, 0.05) is 5.69 Å². The topological polar surface area (TPSA) is 63.1 Å². The van der Waals surface area contributed by atoms with E-state index in [1.807, 2.05) is 44.2 Å². The lowest BCUT2D eigenvalue weighted by molar-refractivity contribution is -0.115. The third-order valence-corrected chi connectivity index (χ3v) is 6.93. The number of thioether (sulfide) groups is 1. The number of amides is 1. The number of nitrogens with one attached hydrogen (secondary N) is 1. The van der Waals surface area contributed by atoms with Crippen molar-refractivity contribution in [3.05, 3.63) is 71.5 Å². The fraction of sp³-hybridized carbons (Fsp3) is 0.400. The van der Waals surface area contributed by atoms with E-state index >= 15 is 0 Å².